The van der Waals surface area contributed by atoms with E-state index in [1.165, 1.54) is 19.3 Å². The van der Waals surface area contributed by atoms with Gasteiger partial charge in [0.05, 0.1) is 0 Å². The topological polar surface area (TPSA) is 0 Å². The number of rotatable bonds is 12. The second-order valence-corrected chi connectivity index (χ2v) is 8.18. The first kappa shape index (κ1) is 23.0. The normalized spacial score (nSPS) is 17.2. The molecule has 0 radical (unpaired) electrons. The van der Waals surface area contributed by atoms with Crippen LogP contribution in [-0.4, -0.2) is 0 Å². The van der Waals surface area contributed by atoms with E-state index in [0.29, 0.717) is 11.8 Å². The maximum absolute atomic E-state index is 4.13. The lowest BCUT2D eigenvalue weighted by molar-refractivity contribution is 0.308. The maximum Gasteiger partial charge on any atom is 0.0327 e. The lowest BCUT2D eigenvalue weighted by Crippen LogP contribution is -2.31. The van der Waals surface area contributed by atoms with Crippen LogP contribution in [0.4, 0.5) is 0 Å². The van der Waals surface area contributed by atoms with Gasteiger partial charge < -0.3 is 0 Å². The lowest BCUT2D eigenvalue weighted by atomic mass is 9.64. The average Bonchev–Trinajstić information content (AvgIpc) is 2.54. The number of allylic oxidation sites excluding steroid dienone is 7. The molecule has 2 atom stereocenters. The van der Waals surface area contributed by atoms with Gasteiger partial charge in [0, 0.05) is 5.41 Å². The van der Waals surface area contributed by atoms with Crippen molar-refractivity contribution in [2.24, 2.45) is 22.7 Å². The molecule has 0 amide bonds. The highest BCUT2D eigenvalue weighted by atomic mass is 14.4. The second kappa shape index (κ2) is 11.5. The molecular formula is C24H42. The fourth-order valence-corrected chi connectivity index (χ4v) is 2.58. The molecule has 0 nitrogen and oxygen atoms in total. The van der Waals surface area contributed by atoms with E-state index in [2.05, 4.69) is 97.6 Å². The molecule has 0 rings (SSSR count). The van der Waals surface area contributed by atoms with Crippen LogP contribution in [0.15, 0.2) is 49.1 Å². The predicted octanol–water partition coefficient (Wildman–Crippen LogP) is 8.14. The number of hydrogen-bond acceptors (Lipinski definition) is 0. The Hall–Kier alpha value is -1.04. The van der Waals surface area contributed by atoms with Gasteiger partial charge in [0.1, 0.15) is 0 Å². The molecule has 0 aromatic rings. The molecule has 0 spiro atoms. The molecule has 0 bridgehead atoms. The van der Waals surface area contributed by atoms with E-state index in [1.807, 2.05) is 0 Å². The van der Waals surface area contributed by atoms with Crippen LogP contribution >= 0.6 is 0 Å². The first-order chi connectivity index (χ1) is 11.2. The first-order valence-corrected chi connectivity index (χ1v) is 9.93. The van der Waals surface area contributed by atoms with Crippen LogP contribution in [0.3, 0.4) is 0 Å². The van der Waals surface area contributed by atoms with Crippen molar-refractivity contribution < 1.29 is 0 Å². The van der Waals surface area contributed by atoms with Crippen molar-refractivity contribution in [2.45, 2.75) is 80.6 Å². The Morgan fingerprint density at radius 1 is 0.958 bits per heavy atom. The summed E-state index contributed by atoms with van der Waals surface area (Å²) in [5.74, 6) is 1.29. The molecule has 2 unspecified atom stereocenters. The highest BCUT2D eigenvalue weighted by molar-refractivity contribution is 5.29. The summed E-state index contributed by atoms with van der Waals surface area (Å²) in [5, 5.41) is 0. The summed E-state index contributed by atoms with van der Waals surface area (Å²) in [6.45, 7) is 20.1. The molecule has 24 heavy (non-hydrogen) atoms. The van der Waals surface area contributed by atoms with E-state index < -0.39 is 0 Å². The van der Waals surface area contributed by atoms with Crippen LogP contribution in [0, 0.1) is 22.7 Å². The molecule has 0 saturated heterocycles. The summed E-state index contributed by atoms with van der Waals surface area (Å²) >= 11 is 0. The van der Waals surface area contributed by atoms with Crippen LogP contribution in [0.2, 0.25) is 0 Å². The zero-order valence-electron chi connectivity index (χ0n) is 17.4. The van der Waals surface area contributed by atoms with Gasteiger partial charge in [-0.3, -0.25) is 0 Å². The fraction of sp³-hybridized carbons (Fsp3) is 0.667. The van der Waals surface area contributed by atoms with Crippen molar-refractivity contribution in [3.05, 3.63) is 49.1 Å². The van der Waals surface area contributed by atoms with Crippen LogP contribution < -0.4 is 0 Å². The molecule has 0 aliphatic heterocycles. The summed E-state index contributed by atoms with van der Waals surface area (Å²) in [5.41, 5.74) is -0.117. The Kier molecular flexibility index (Phi) is 11.0. The molecule has 0 aliphatic carbocycles. The zero-order valence-corrected chi connectivity index (χ0v) is 17.4. The summed E-state index contributed by atoms with van der Waals surface area (Å²) in [7, 11) is 0. The summed E-state index contributed by atoms with van der Waals surface area (Å²) in [6.07, 6.45) is 22.4. The summed E-state index contributed by atoms with van der Waals surface area (Å²) in [6, 6.07) is 0. The Balaban J connectivity index is 5.81. The maximum atomic E-state index is 4.13. The molecule has 0 aromatic heterocycles. The van der Waals surface area contributed by atoms with Crippen molar-refractivity contribution >= 4 is 0 Å². The molecular weight excluding hydrogens is 288 g/mol. The molecule has 0 saturated carbocycles. The fourth-order valence-electron chi connectivity index (χ4n) is 2.58. The Morgan fingerprint density at radius 3 is 2.08 bits per heavy atom. The van der Waals surface area contributed by atoms with Gasteiger partial charge in [-0.1, -0.05) is 110 Å². The Morgan fingerprint density at radius 2 is 1.58 bits per heavy atom. The smallest absolute Gasteiger partial charge is 0.0327 e. The van der Waals surface area contributed by atoms with Gasteiger partial charge in [-0.2, -0.15) is 0 Å². The van der Waals surface area contributed by atoms with Crippen molar-refractivity contribution in [1.82, 2.24) is 0 Å². The quantitative estimate of drug-likeness (QED) is 0.250. The number of hydrogen-bond donors (Lipinski definition) is 0. The van der Waals surface area contributed by atoms with Crippen molar-refractivity contribution in [1.29, 1.82) is 0 Å². The van der Waals surface area contributed by atoms with Gasteiger partial charge in [0.2, 0.25) is 0 Å². The minimum atomic E-state index is -0.0964. The van der Waals surface area contributed by atoms with Gasteiger partial charge in [-0.05, 0) is 30.1 Å². The average molecular weight is 331 g/mol. The third-order valence-corrected chi connectivity index (χ3v) is 5.09. The monoisotopic (exact) mass is 330 g/mol. The SMILES string of the molecule is C=CC(C)(C)C(C=CCCCC)(C=CCC(C)C)C=CC(C)CC. The standard InChI is InChI=1S/C24H42/c1-9-12-13-14-18-24(23(7,8)11-3,19-15-16-21(4)5)20-17-22(6)10-2/h11,14-15,17-22H,3,9-10,12-13,16H2,1-2,4-8H3. The van der Waals surface area contributed by atoms with Crippen molar-refractivity contribution in [3.8, 4) is 0 Å². The van der Waals surface area contributed by atoms with E-state index in [4.69, 9.17) is 0 Å². The van der Waals surface area contributed by atoms with Gasteiger partial charge in [-0.15, -0.1) is 6.58 Å². The molecule has 0 N–H and O–H groups in total. The molecule has 0 aromatic carbocycles. The molecule has 0 heterocycles. The molecule has 0 fully saturated rings. The lowest BCUT2D eigenvalue weighted by Gasteiger charge is -2.39. The zero-order chi connectivity index (χ0) is 18.6. The van der Waals surface area contributed by atoms with E-state index in [0.717, 1.165) is 12.8 Å². The predicted molar refractivity (Wildman–Crippen MR) is 112 cm³/mol. The largest absolute Gasteiger partial charge is 0.102 e. The summed E-state index contributed by atoms with van der Waals surface area (Å²) in [4.78, 5) is 0. The molecule has 0 aliphatic rings. The van der Waals surface area contributed by atoms with Crippen molar-refractivity contribution in [3.63, 3.8) is 0 Å². The second-order valence-electron chi connectivity index (χ2n) is 8.18. The molecule has 0 heteroatoms. The van der Waals surface area contributed by atoms with Crippen LogP contribution in [0.1, 0.15) is 80.6 Å². The van der Waals surface area contributed by atoms with E-state index in [-0.39, 0.29) is 10.8 Å². The van der Waals surface area contributed by atoms with Crippen LogP contribution in [0.25, 0.3) is 0 Å². The third-order valence-electron chi connectivity index (χ3n) is 5.09. The van der Waals surface area contributed by atoms with Gasteiger partial charge >= 0.3 is 0 Å². The first-order valence-electron chi connectivity index (χ1n) is 9.93. The highest BCUT2D eigenvalue weighted by Gasteiger charge is 2.36. The minimum Gasteiger partial charge on any atom is -0.102 e. The highest BCUT2D eigenvalue weighted by Crippen LogP contribution is 2.45. The third kappa shape index (κ3) is 7.69. The van der Waals surface area contributed by atoms with Gasteiger partial charge in [0.15, 0.2) is 0 Å². The van der Waals surface area contributed by atoms with E-state index in [9.17, 15) is 0 Å². The summed E-state index contributed by atoms with van der Waals surface area (Å²) < 4.78 is 0. The minimum absolute atomic E-state index is 0.0207. The van der Waals surface area contributed by atoms with E-state index in [1.54, 1.807) is 0 Å². The Bertz CT molecular complexity index is 419. The molecule has 138 valence electrons. The van der Waals surface area contributed by atoms with E-state index >= 15 is 0 Å². The van der Waals surface area contributed by atoms with Gasteiger partial charge in [-0.25, -0.2) is 0 Å². The van der Waals surface area contributed by atoms with Crippen LogP contribution in [0.5, 0.6) is 0 Å². The van der Waals surface area contributed by atoms with Crippen molar-refractivity contribution in [2.75, 3.05) is 0 Å². The van der Waals surface area contributed by atoms with Crippen LogP contribution in [-0.2, 0) is 0 Å². The van der Waals surface area contributed by atoms with Gasteiger partial charge in [0.25, 0.3) is 0 Å². The number of unbranched alkanes of at least 4 members (excludes halogenated alkanes) is 2. The Labute approximate surface area is 152 Å².